The largest absolute Gasteiger partial charge is 0.478 e. The molecule has 0 aliphatic heterocycles. The number of nitrogens with one attached hydrogen (secondary N) is 1. The van der Waals surface area contributed by atoms with Crippen LogP contribution >= 0.6 is 0 Å². The Kier molecular flexibility index (Phi) is 5.02. The smallest absolute Gasteiger partial charge is 0.408 e. The van der Waals surface area contributed by atoms with Crippen molar-refractivity contribution in [3.63, 3.8) is 0 Å². The van der Waals surface area contributed by atoms with Gasteiger partial charge in [-0.1, -0.05) is 30.3 Å². The van der Waals surface area contributed by atoms with Crippen LogP contribution in [0.3, 0.4) is 0 Å². The number of hydrogen-bond acceptors (Lipinski definition) is 5. The number of carbonyl (C=O) groups excluding carboxylic acids is 1. The molecule has 7 heteroatoms. The third-order valence-electron chi connectivity index (χ3n) is 2.85. The highest BCUT2D eigenvalue weighted by Crippen LogP contribution is 2.07. The van der Waals surface area contributed by atoms with Crippen molar-refractivity contribution in [3.8, 4) is 0 Å². The summed E-state index contributed by atoms with van der Waals surface area (Å²) in [6.45, 7) is 1.84. The van der Waals surface area contributed by atoms with Crippen LogP contribution in [0.2, 0.25) is 0 Å². The number of aromatic carboxylic acids is 1. The van der Waals surface area contributed by atoms with Crippen LogP contribution in [0.15, 0.2) is 42.7 Å². The molecule has 0 bridgehead atoms. The van der Waals surface area contributed by atoms with Crippen LogP contribution in [-0.4, -0.2) is 27.1 Å². The lowest BCUT2D eigenvalue weighted by molar-refractivity contribution is 0.0695. The first kappa shape index (κ1) is 15.4. The van der Waals surface area contributed by atoms with Gasteiger partial charge in [-0.2, -0.15) is 0 Å². The number of ether oxygens (including phenoxy) is 1. The average Bonchev–Trinajstić information content (AvgIpc) is 2.54. The topological polar surface area (TPSA) is 101 Å². The van der Waals surface area contributed by atoms with Crippen molar-refractivity contribution in [2.45, 2.75) is 19.6 Å². The van der Waals surface area contributed by atoms with Crippen molar-refractivity contribution in [2.75, 3.05) is 0 Å². The Morgan fingerprint density at radius 1 is 1.23 bits per heavy atom. The highest BCUT2D eigenvalue weighted by Gasteiger charge is 2.14. The normalized spacial score (nSPS) is 11.5. The molecule has 7 nitrogen and oxygen atoms in total. The summed E-state index contributed by atoms with van der Waals surface area (Å²) in [6.07, 6.45) is 1.79. The molecule has 0 aliphatic carbocycles. The molecule has 1 aromatic carbocycles. The van der Waals surface area contributed by atoms with E-state index in [-0.39, 0.29) is 12.2 Å². The quantitative estimate of drug-likeness (QED) is 0.877. The molecule has 1 atom stereocenters. The van der Waals surface area contributed by atoms with Crippen LogP contribution < -0.4 is 5.32 Å². The van der Waals surface area contributed by atoms with Crippen molar-refractivity contribution in [2.24, 2.45) is 0 Å². The Bertz CT molecular complexity index is 644. The summed E-state index contributed by atoms with van der Waals surface area (Å²) >= 11 is 0. The van der Waals surface area contributed by atoms with Crippen LogP contribution in [0, 0.1) is 0 Å². The number of hydrogen-bond donors (Lipinski definition) is 2. The van der Waals surface area contributed by atoms with Crippen molar-refractivity contribution < 1.29 is 19.4 Å². The van der Waals surface area contributed by atoms with Crippen LogP contribution in [0.1, 0.15) is 34.7 Å². The number of carboxylic acid groups (broad SMARTS) is 1. The van der Waals surface area contributed by atoms with Crippen LogP contribution in [-0.2, 0) is 11.3 Å². The van der Waals surface area contributed by atoms with E-state index in [1.54, 1.807) is 6.92 Å². The molecule has 0 fully saturated rings. The molecule has 114 valence electrons. The highest BCUT2D eigenvalue weighted by molar-refractivity contribution is 5.86. The van der Waals surface area contributed by atoms with E-state index in [9.17, 15) is 9.59 Å². The minimum atomic E-state index is -1.10. The molecule has 0 saturated heterocycles. The Labute approximate surface area is 127 Å². The first-order valence-corrected chi connectivity index (χ1v) is 6.58. The van der Waals surface area contributed by atoms with Crippen LogP contribution in [0.25, 0.3) is 0 Å². The molecular formula is C15H15N3O4. The van der Waals surface area contributed by atoms with Gasteiger partial charge in [0, 0.05) is 12.4 Å². The lowest BCUT2D eigenvalue weighted by Crippen LogP contribution is -2.28. The molecule has 0 radical (unpaired) electrons. The second-order valence-corrected chi connectivity index (χ2v) is 4.56. The highest BCUT2D eigenvalue weighted by atomic mass is 16.5. The predicted octanol–water partition coefficient (Wildman–Crippen LogP) is 2.16. The van der Waals surface area contributed by atoms with E-state index in [1.807, 2.05) is 30.3 Å². The Morgan fingerprint density at radius 3 is 2.45 bits per heavy atom. The number of aromatic nitrogens is 2. The van der Waals surface area contributed by atoms with Gasteiger partial charge >= 0.3 is 12.1 Å². The molecular weight excluding hydrogens is 286 g/mol. The third kappa shape index (κ3) is 4.27. The van der Waals surface area contributed by atoms with Gasteiger partial charge in [-0.3, -0.25) is 0 Å². The second kappa shape index (κ2) is 7.16. The number of benzene rings is 1. The molecule has 1 amide bonds. The molecule has 0 spiro atoms. The van der Waals surface area contributed by atoms with Gasteiger partial charge in [0.2, 0.25) is 0 Å². The number of alkyl carbamates (subject to hydrolysis) is 1. The molecule has 0 saturated carbocycles. The number of nitrogens with zero attached hydrogens (tertiary/aromatic N) is 2. The fraction of sp³-hybridized carbons (Fsp3) is 0.200. The summed E-state index contributed by atoms with van der Waals surface area (Å²) in [5, 5.41) is 11.3. The van der Waals surface area contributed by atoms with Crippen molar-refractivity contribution in [1.82, 2.24) is 15.3 Å². The van der Waals surface area contributed by atoms with Crippen LogP contribution in [0.4, 0.5) is 4.79 Å². The van der Waals surface area contributed by atoms with E-state index in [0.29, 0.717) is 5.82 Å². The standard InChI is InChI=1S/C15H15N3O4/c1-10(13-16-7-12(8-17-13)14(19)20)18-15(21)22-9-11-5-3-2-4-6-11/h2-8,10H,9H2,1H3,(H,18,21)(H,19,20). The van der Waals surface area contributed by atoms with Crippen molar-refractivity contribution in [1.29, 1.82) is 0 Å². The van der Waals surface area contributed by atoms with E-state index in [2.05, 4.69) is 15.3 Å². The van der Waals surface area contributed by atoms with Gasteiger partial charge in [-0.25, -0.2) is 19.6 Å². The average molecular weight is 301 g/mol. The number of amides is 1. The van der Waals surface area contributed by atoms with E-state index in [1.165, 1.54) is 12.4 Å². The minimum absolute atomic E-state index is 0.0115. The van der Waals surface area contributed by atoms with Crippen LogP contribution in [0.5, 0.6) is 0 Å². The Balaban J connectivity index is 1.86. The maximum absolute atomic E-state index is 11.7. The Morgan fingerprint density at radius 2 is 1.86 bits per heavy atom. The zero-order chi connectivity index (χ0) is 15.9. The minimum Gasteiger partial charge on any atom is -0.478 e. The predicted molar refractivity (Wildman–Crippen MR) is 77.2 cm³/mol. The number of carboxylic acids is 1. The second-order valence-electron chi connectivity index (χ2n) is 4.56. The molecule has 2 N–H and O–H groups in total. The fourth-order valence-corrected chi connectivity index (χ4v) is 1.68. The third-order valence-corrected chi connectivity index (χ3v) is 2.85. The summed E-state index contributed by atoms with van der Waals surface area (Å²) in [5.41, 5.74) is 0.870. The first-order valence-electron chi connectivity index (χ1n) is 6.58. The van der Waals surface area contributed by atoms with Gasteiger partial charge in [-0.15, -0.1) is 0 Å². The SMILES string of the molecule is CC(NC(=O)OCc1ccccc1)c1ncc(C(=O)O)cn1. The summed E-state index contributed by atoms with van der Waals surface area (Å²) in [4.78, 5) is 30.2. The number of carbonyl (C=O) groups is 2. The summed E-state index contributed by atoms with van der Waals surface area (Å²) in [5.74, 6) is -0.795. The molecule has 0 aliphatic rings. The van der Waals surface area contributed by atoms with Gasteiger partial charge in [0.25, 0.3) is 0 Å². The van der Waals surface area contributed by atoms with E-state index in [4.69, 9.17) is 9.84 Å². The van der Waals surface area contributed by atoms with Gasteiger partial charge in [0.05, 0.1) is 11.6 Å². The van der Waals surface area contributed by atoms with Crippen molar-refractivity contribution >= 4 is 12.1 Å². The lowest BCUT2D eigenvalue weighted by atomic mass is 10.2. The summed E-state index contributed by atoms with van der Waals surface area (Å²) < 4.78 is 5.08. The van der Waals surface area contributed by atoms with E-state index < -0.39 is 18.1 Å². The van der Waals surface area contributed by atoms with Crippen molar-refractivity contribution in [3.05, 3.63) is 59.7 Å². The molecule has 2 rings (SSSR count). The molecule has 2 aromatic rings. The molecule has 1 unspecified atom stereocenters. The zero-order valence-corrected chi connectivity index (χ0v) is 11.9. The molecule has 1 heterocycles. The van der Waals surface area contributed by atoms with Gasteiger partial charge in [0.1, 0.15) is 12.4 Å². The molecule has 22 heavy (non-hydrogen) atoms. The first-order chi connectivity index (χ1) is 10.6. The number of rotatable bonds is 5. The van der Waals surface area contributed by atoms with Gasteiger partial charge in [-0.05, 0) is 12.5 Å². The lowest BCUT2D eigenvalue weighted by Gasteiger charge is -2.12. The summed E-state index contributed by atoms with van der Waals surface area (Å²) in [7, 11) is 0. The van der Waals surface area contributed by atoms with E-state index in [0.717, 1.165) is 5.56 Å². The monoisotopic (exact) mass is 301 g/mol. The summed E-state index contributed by atoms with van der Waals surface area (Å²) in [6, 6.07) is 8.80. The van der Waals surface area contributed by atoms with Gasteiger partial charge < -0.3 is 15.2 Å². The van der Waals surface area contributed by atoms with E-state index >= 15 is 0 Å². The maximum Gasteiger partial charge on any atom is 0.408 e. The Hall–Kier alpha value is -2.96. The molecule has 1 aromatic heterocycles. The van der Waals surface area contributed by atoms with Gasteiger partial charge in [0.15, 0.2) is 0 Å². The maximum atomic E-state index is 11.7. The zero-order valence-electron chi connectivity index (χ0n) is 11.9. The fourth-order valence-electron chi connectivity index (χ4n) is 1.68.